The second-order valence-electron chi connectivity index (χ2n) is 5.19. The topological polar surface area (TPSA) is 86.7 Å². The van der Waals surface area contributed by atoms with Crippen molar-refractivity contribution < 1.29 is 27.5 Å². The smallest absolute Gasteiger partial charge is 0.207 e. The molecule has 0 unspecified atom stereocenters. The zero-order chi connectivity index (χ0) is 18.4. The molecule has 0 saturated carbocycles. The number of ether oxygens (including phenoxy) is 2. The summed E-state index contributed by atoms with van der Waals surface area (Å²) in [5.41, 5.74) is 0.671. The molecule has 0 amide bonds. The Labute approximate surface area is 146 Å². The molecule has 0 aliphatic carbocycles. The van der Waals surface area contributed by atoms with E-state index in [9.17, 15) is 18.0 Å². The molecule has 25 heavy (non-hydrogen) atoms. The van der Waals surface area contributed by atoms with Crippen LogP contribution in [-0.4, -0.2) is 35.2 Å². The van der Waals surface area contributed by atoms with Crippen LogP contribution in [0, 0.1) is 0 Å². The van der Waals surface area contributed by atoms with E-state index in [1.165, 1.54) is 50.6 Å². The highest BCUT2D eigenvalue weighted by Crippen LogP contribution is 2.31. The maximum absolute atomic E-state index is 13.1. The van der Waals surface area contributed by atoms with E-state index in [0.717, 1.165) is 0 Å². The summed E-state index contributed by atoms with van der Waals surface area (Å²) in [6.45, 7) is 0. The molecule has 6 nitrogen and oxygen atoms in total. The van der Waals surface area contributed by atoms with Gasteiger partial charge in [-0.1, -0.05) is 0 Å². The van der Waals surface area contributed by atoms with Gasteiger partial charge in [-0.3, -0.25) is 0 Å². The van der Waals surface area contributed by atoms with E-state index in [1.54, 1.807) is 0 Å². The number of sulfone groups is 1. The van der Waals surface area contributed by atoms with Crippen molar-refractivity contribution in [3.63, 3.8) is 0 Å². The van der Waals surface area contributed by atoms with Gasteiger partial charge in [0.15, 0.2) is 0 Å². The average molecular weight is 362 g/mol. The molecule has 0 fully saturated rings. The predicted molar refractivity (Wildman–Crippen MR) is 91.0 cm³/mol. The van der Waals surface area contributed by atoms with E-state index in [1.807, 2.05) is 0 Å². The molecule has 0 N–H and O–H groups in total. The monoisotopic (exact) mass is 362 g/mol. The number of carbonyl (C=O) groups excluding carboxylic acids is 2. The highest BCUT2D eigenvalue weighted by Gasteiger charge is 2.25. The maximum atomic E-state index is 13.1. The van der Waals surface area contributed by atoms with Crippen LogP contribution in [0.15, 0.2) is 46.2 Å². The van der Waals surface area contributed by atoms with Gasteiger partial charge in [-0.05, 0) is 47.5 Å². The lowest BCUT2D eigenvalue weighted by Crippen LogP contribution is -2.10. The van der Waals surface area contributed by atoms with Gasteiger partial charge in [0.05, 0.1) is 24.0 Å². The molecule has 0 heterocycles. The van der Waals surface area contributed by atoms with Gasteiger partial charge in [-0.2, -0.15) is 0 Å². The Bertz CT molecular complexity index is 819. The minimum atomic E-state index is -3.92. The summed E-state index contributed by atoms with van der Waals surface area (Å²) in [6, 6.07) is 8.88. The van der Waals surface area contributed by atoms with E-state index in [4.69, 9.17) is 9.47 Å². The Balaban J connectivity index is 2.66. The molecule has 2 rings (SSSR count). The molecular weight excluding hydrogens is 344 g/mol. The van der Waals surface area contributed by atoms with Gasteiger partial charge in [-0.15, -0.1) is 0 Å². The van der Waals surface area contributed by atoms with E-state index in [0.29, 0.717) is 35.2 Å². The summed E-state index contributed by atoms with van der Waals surface area (Å²) in [7, 11) is -1.01. The van der Waals surface area contributed by atoms with Gasteiger partial charge >= 0.3 is 0 Å². The molecule has 7 heteroatoms. The summed E-state index contributed by atoms with van der Waals surface area (Å²) in [4.78, 5) is 21.9. The van der Waals surface area contributed by atoms with Crippen LogP contribution in [0.3, 0.4) is 0 Å². The Kier molecular flexibility index (Phi) is 5.93. The highest BCUT2D eigenvalue weighted by molar-refractivity contribution is 7.91. The number of aldehydes is 2. The van der Waals surface area contributed by atoms with Crippen LogP contribution >= 0.6 is 0 Å². The molecule has 132 valence electrons. The standard InChI is InChI=1S/C18H18O6S/c1-23-15-3-5-17(13(11-15)7-9-19)25(21,22)18-6-4-16(24-2)12-14(18)8-10-20/h3-6,9-12H,7-8H2,1-2H3. The molecule has 2 aromatic rings. The molecule has 0 aromatic heterocycles. The van der Waals surface area contributed by atoms with Gasteiger partial charge in [0.2, 0.25) is 9.84 Å². The summed E-state index contributed by atoms with van der Waals surface area (Å²) in [5, 5.41) is 0. The van der Waals surface area contributed by atoms with Crippen LogP contribution in [0.2, 0.25) is 0 Å². The lowest BCUT2D eigenvalue weighted by molar-refractivity contribution is -0.108. The van der Waals surface area contributed by atoms with Crippen LogP contribution in [0.5, 0.6) is 11.5 Å². The highest BCUT2D eigenvalue weighted by atomic mass is 32.2. The van der Waals surface area contributed by atoms with Crippen molar-refractivity contribution in [2.75, 3.05) is 14.2 Å². The number of methoxy groups -OCH3 is 2. The van der Waals surface area contributed by atoms with Crippen LogP contribution in [0.25, 0.3) is 0 Å². The van der Waals surface area contributed by atoms with Crippen LogP contribution in [-0.2, 0) is 32.3 Å². The average Bonchev–Trinajstić information content (AvgIpc) is 2.61. The fourth-order valence-corrected chi connectivity index (χ4v) is 4.21. The number of benzene rings is 2. The molecule has 0 saturated heterocycles. The summed E-state index contributed by atoms with van der Waals surface area (Å²) in [6.07, 6.45) is 1.14. The molecule has 0 aliphatic rings. The zero-order valence-corrected chi connectivity index (χ0v) is 14.7. The first-order chi connectivity index (χ1) is 12.0. The Hall–Kier alpha value is -2.67. The number of hydrogen-bond acceptors (Lipinski definition) is 6. The van der Waals surface area contributed by atoms with Gasteiger partial charge in [0, 0.05) is 12.8 Å². The number of hydrogen-bond donors (Lipinski definition) is 0. The summed E-state index contributed by atoms with van der Waals surface area (Å²) < 4.78 is 36.4. The first-order valence-electron chi connectivity index (χ1n) is 7.44. The minimum absolute atomic E-state index is 0.0118. The van der Waals surface area contributed by atoms with E-state index >= 15 is 0 Å². The van der Waals surface area contributed by atoms with Crippen LogP contribution in [0.1, 0.15) is 11.1 Å². The molecule has 0 aliphatic heterocycles. The SMILES string of the molecule is COc1ccc(S(=O)(=O)c2ccc(OC)cc2CC=O)c(CC=O)c1. The van der Waals surface area contributed by atoms with Crippen molar-refractivity contribution in [1.82, 2.24) is 0 Å². The molecule has 2 aromatic carbocycles. The minimum Gasteiger partial charge on any atom is -0.497 e. The third-order valence-corrected chi connectivity index (χ3v) is 5.68. The lowest BCUT2D eigenvalue weighted by Gasteiger charge is -2.14. The molecule has 0 atom stereocenters. The van der Waals surface area contributed by atoms with Crippen molar-refractivity contribution >= 4 is 22.4 Å². The summed E-state index contributed by atoms with van der Waals surface area (Å²) >= 11 is 0. The quantitative estimate of drug-likeness (QED) is 0.668. The second-order valence-corrected chi connectivity index (χ2v) is 7.08. The number of carbonyl (C=O) groups is 2. The van der Waals surface area contributed by atoms with E-state index in [-0.39, 0.29) is 22.6 Å². The van der Waals surface area contributed by atoms with Gasteiger partial charge < -0.3 is 19.1 Å². The van der Waals surface area contributed by atoms with Crippen LogP contribution < -0.4 is 9.47 Å². The van der Waals surface area contributed by atoms with Gasteiger partial charge in [0.1, 0.15) is 24.1 Å². The normalized spacial score (nSPS) is 11.0. The Morgan fingerprint density at radius 3 is 1.52 bits per heavy atom. The van der Waals surface area contributed by atoms with Crippen molar-refractivity contribution in [1.29, 1.82) is 0 Å². The van der Waals surface area contributed by atoms with E-state index in [2.05, 4.69) is 0 Å². The summed E-state index contributed by atoms with van der Waals surface area (Å²) in [5.74, 6) is 0.914. The maximum Gasteiger partial charge on any atom is 0.207 e. The van der Waals surface area contributed by atoms with Crippen molar-refractivity contribution in [2.45, 2.75) is 22.6 Å². The molecular formula is C18H18O6S. The van der Waals surface area contributed by atoms with Crippen molar-refractivity contribution in [3.8, 4) is 11.5 Å². The first kappa shape index (κ1) is 18.7. The zero-order valence-electron chi connectivity index (χ0n) is 13.9. The lowest BCUT2D eigenvalue weighted by atomic mass is 10.1. The molecule has 0 bridgehead atoms. The third kappa shape index (κ3) is 3.88. The fraction of sp³-hybridized carbons (Fsp3) is 0.222. The Morgan fingerprint density at radius 2 is 1.20 bits per heavy atom. The van der Waals surface area contributed by atoms with Crippen molar-refractivity contribution in [2.24, 2.45) is 0 Å². The fourth-order valence-electron chi connectivity index (χ4n) is 2.51. The third-order valence-electron chi connectivity index (χ3n) is 3.72. The number of rotatable bonds is 8. The predicted octanol–water partition coefficient (Wildman–Crippen LogP) is 2.02. The van der Waals surface area contributed by atoms with Gasteiger partial charge in [0.25, 0.3) is 0 Å². The van der Waals surface area contributed by atoms with Crippen molar-refractivity contribution in [3.05, 3.63) is 47.5 Å². The second kappa shape index (κ2) is 7.94. The van der Waals surface area contributed by atoms with E-state index < -0.39 is 9.84 Å². The Morgan fingerprint density at radius 1 is 0.800 bits per heavy atom. The molecule has 0 spiro atoms. The molecule has 0 radical (unpaired) electrons. The van der Waals surface area contributed by atoms with Gasteiger partial charge in [-0.25, -0.2) is 8.42 Å². The first-order valence-corrected chi connectivity index (χ1v) is 8.92. The van der Waals surface area contributed by atoms with Crippen LogP contribution in [0.4, 0.5) is 0 Å². The largest absolute Gasteiger partial charge is 0.497 e.